The summed E-state index contributed by atoms with van der Waals surface area (Å²) in [4.78, 5) is 14.3. The predicted molar refractivity (Wildman–Crippen MR) is 163 cm³/mol. The van der Waals surface area contributed by atoms with Crippen LogP contribution in [0.5, 0.6) is 0 Å². The normalized spacial score (nSPS) is 18.1. The second-order valence-electron chi connectivity index (χ2n) is 19.5. The van der Waals surface area contributed by atoms with Gasteiger partial charge >= 0.3 is 0 Å². The Morgan fingerprint density at radius 3 is 1.14 bits per heavy atom. The quantitative estimate of drug-likeness (QED) is 0.288. The zero-order valence-electron chi connectivity index (χ0n) is 28.5. The van der Waals surface area contributed by atoms with Crippen LogP contribution in [0.2, 0.25) is 0 Å². The van der Waals surface area contributed by atoms with Crippen LogP contribution in [0, 0.1) is 56.2 Å². The van der Waals surface area contributed by atoms with Gasteiger partial charge in [-0.25, -0.2) is 0 Å². The summed E-state index contributed by atoms with van der Waals surface area (Å²) in [6.45, 7) is 42.2. The minimum absolute atomic E-state index is 0.105. The standard InChI is InChI=1S/C35H70O/c1-30(2,3)20-19-25(21-31(4,5)6)26(22-32(7,8)9)27(23-33(10,11)12)28(24-34(13,14)15)29(36)35(16,17)18/h25-28H,19-24H2,1-18H3. The summed E-state index contributed by atoms with van der Waals surface area (Å²) >= 11 is 0. The van der Waals surface area contributed by atoms with Gasteiger partial charge in [0.05, 0.1) is 0 Å². The SMILES string of the molecule is CC(C)(C)CCC(CC(C)(C)C)C(CC(C)(C)C)C(CC(C)(C)C)C(CC(C)(C)C)C(=O)C(C)(C)C. The molecule has 0 heterocycles. The van der Waals surface area contributed by atoms with Gasteiger partial charge in [-0.1, -0.05) is 125 Å². The summed E-state index contributed by atoms with van der Waals surface area (Å²) in [5.41, 5.74) is 0.829. The average molecular weight is 507 g/mol. The molecule has 0 amide bonds. The van der Waals surface area contributed by atoms with E-state index < -0.39 is 0 Å². The zero-order chi connectivity index (χ0) is 29.1. The maximum absolute atomic E-state index is 14.3. The number of carbonyl (C=O) groups is 1. The Morgan fingerprint density at radius 1 is 0.472 bits per heavy atom. The molecule has 0 N–H and O–H groups in total. The van der Waals surface area contributed by atoms with Crippen LogP contribution in [0.4, 0.5) is 0 Å². The third kappa shape index (κ3) is 15.8. The highest BCUT2D eigenvalue weighted by molar-refractivity contribution is 5.86. The molecule has 1 nitrogen and oxygen atoms in total. The summed E-state index contributed by atoms with van der Waals surface area (Å²) in [7, 11) is 0. The molecule has 0 rings (SSSR count). The summed E-state index contributed by atoms with van der Waals surface area (Å²) in [6.07, 6.45) is 7.02. The highest BCUT2D eigenvalue weighted by atomic mass is 16.1. The molecule has 36 heavy (non-hydrogen) atoms. The molecule has 0 aromatic rings. The van der Waals surface area contributed by atoms with Gasteiger partial charge in [-0.15, -0.1) is 0 Å². The highest BCUT2D eigenvalue weighted by Crippen LogP contribution is 2.50. The molecule has 0 aromatic carbocycles. The van der Waals surface area contributed by atoms with Crippen molar-refractivity contribution in [3.63, 3.8) is 0 Å². The van der Waals surface area contributed by atoms with Crippen LogP contribution in [-0.4, -0.2) is 5.78 Å². The van der Waals surface area contributed by atoms with Crippen LogP contribution in [0.25, 0.3) is 0 Å². The number of hydrogen-bond donors (Lipinski definition) is 0. The topological polar surface area (TPSA) is 17.1 Å². The van der Waals surface area contributed by atoms with Crippen molar-refractivity contribution in [2.24, 2.45) is 56.2 Å². The maximum atomic E-state index is 14.3. The molecule has 0 spiro atoms. The predicted octanol–water partition coefficient (Wildman–Crippen LogP) is 11.6. The Balaban J connectivity index is 7.07. The van der Waals surface area contributed by atoms with Gasteiger partial charge in [-0.2, -0.15) is 0 Å². The van der Waals surface area contributed by atoms with Crippen LogP contribution < -0.4 is 0 Å². The van der Waals surface area contributed by atoms with Crippen molar-refractivity contribution in [1.29, 1.82) is 0 Å². The lowest BCUT2D eigenvalue weighted by Crippen LogP contribution is -2.43. The average Bonchev–Trinajstić information content (AvgIpc) is 2.54. The lowest BCUT2D eigenvalue weighted by atomic mass is 9.57. The Labute approximate surface area is 229 Å². The Hall–Kier alpha value is -0.330. The Bertz CT molecular complexity index is 654. The molecule has 0 aromatic heterocycles. The van der Waals surface area contributed by atoms with Gasteiger partial charge in [0.25, 0.3) is 0 Å². The fourth-order valence-electron chi connectivity index (χ4n) is 6.20. The van der Waals surface area contributed by atoms with E-state index in [0.717, 1.165) is 12.8 Å². The molecule has 0 aliphatic heterocycles. The van der Waals surface area contributed by atoms with E-state index in [2.05, 4.69) is 125 Å². The summed E-state index contributed by atoms with van der Waals surface area (Å²) in [5.74, 6) is 2.17. The second-order valence-corrected chi connectivity index (χ2v) is 19.5. The maximum Gasteiger partial charge on any atom is 0.141 e. The monoisotopic (exact) mass is 507 g/mol. The molecule has 216 valence electrons. The number of ketones is 1. The van der Waals surface area contributed by atoms with E-state index in [1.165, 1.54) is 25.7 Å². The molecule has 0 radical (unpaired) electrons. The van der Waals surface area contributed by atoms with Crippen molar-refractivity contribution in [3.05, 3.63) is 0 Å². The van der Waals surface area contributed by atoms with E-state index in [1.54, 1.807) is 0 Å². The largest absolute Gasteiger partial charge is 0.299 e. The van der Waals surface area contributed by atoms with Gasteiger partial charge < -0.3 is 0 Å². The van der Waals surface area contributed by atoms with Gasteiger partial charge in [0.15, 0.2) is 0 Å². The van der Waals surface area contributed by atoms with Gasteiger partial charge in [0.1, 0.15) is 5.78 Å². The van der Waals surface area contributed by atoms with Crippen molar-refractivity contribution < 1.29 is 4.79 Å². The van der Waals surface area contributed by atoms with Crippen molar-refractivity contribution in [1.82, 2.24) is 0 Å². The van der Waals surface area contributed by atoms with Gasteiger partial charge in [0, 0.05) is 11.3 Å². The number of Topliss-reactive ketones (excluding diaryl/α,β-unsaturated/α-hetero) is 1. The molecular formula is C35H70O. The van der Waals surface area contributed by atoms with E-state index in [0.29, 0.717) is 29.0 Å². The van der Waals surface area contributed by atoms with E-state index in [9.17, 15) is 4.79 Å². The molecule has 0 saturated carbocycles. The number of rotatable bonds is 10. The van der Waals surface area contributed by atoms with Crippen molar-refractivity contribution in [3.8, 4) is 0 Å². The van der Waals surface area contributed by atoms with Gasteiger partial charge in [-0.05, 0) is 83.4 Å². The van der Waals surface area contributed by atoms with Gasteiger partial charge in [-0.3, -0.25) is 4.79 Å². The van der Waals surface area contributed by atoms with Crippen molar-refractivity contribution >= 4 is 5.78 Å². The molecule has 0 bridgehead atoms. The molecule has 4 atom stereocenters. The second kappa shape index (κ2) is 12.2. The van der Waals surface area contributed by atoms with Crippen molar-refractivity contribution in [2.75, 3.05) is 0 Å². The molecular weight excluding hydrogens is 436 g/mol. The third-order valence-corrected chi connectivity index (χ3v) is 7.42. The Kier molecular flexibility index (Phi) is 12.1. The van der Waals surface area contributed by atoms with Gasteiger partial charge in [0.2, 0.25) is 0 Å². The zero-order valence-corrected chi connectivity index (χ0v) is 28.5. The van der Waals surface area contributed by atoms with Crippen LogP contribution >= 0.6 is 0 Å². The fraction of sp³-hybridized carbons (Fsp3) is 0.971. The van der Waals surface area contributed by atoms with Crippen molar-refractivity contribution in [2.45, 2.75) is 163 Å². The lowest BCUT2D eigenvalue weighted by molar-refractivity contribution is -0.136. The van der Waals surface area contributed by atoms with Crippen LogP contribution in [0.1, 0.15) is 163 Å². The Morgan fingerprint density at radius 2 is 0.833 bits per heavy atom. The van der Waals surface area contributed by atoms with E-state index >= 15 is 0 Å². The third-order valence-electron chi connectivity index (χ3n) is 7.42. The van der Waals surface area contributed by atoms with Crippen LogP contribution in [-0.2, 0) is 4.79 Å². The number of hydrogen-bond acceptors (Lipinski definition) is 1. The minimum Gasteiger partial charge on any atom is -0.299 e. The van der Waals surface area contributed by atoms with E-state index in [-0.39, 0.29) is 33.0 Å². The summed E-state index contributed by atoms with van der Waals surface area (Å²) in [6, 6.07) is 0. The van der Waals surface area contributed by atoms with E-state index in [4.69, 9.17) is 0 Å². The molecule has 1 heteroatoms. The summed E-state index contributed by atoms with van der Waals surface area (Å²) in [5, 5.41) is 0. The number of carbonyl (C=O) groups excluding carboxylic acids is 1. The first kappa shape index (κ1) is 35.7. The smallest absolute Gasteiger partial charge is 0.141 e. The van der Waals surface area contributed by atoms with Crippen LogP contribution in [0.3, 0.4) is 0 Å². The minimum atomic E-state index is -0.316. The first-order valence-corrected chi connectivity index (χ1v) is 15.1. The molecule has 0 saturated heterocycles. The van der Waals surface area contributed by atoms with E-state index in [1.807, 2.05) is 0 Å². The molecule has 0 aliphatic rings. The van der Waals surface area contributed by atoms with Crippen LogP contribution in [0.15, 0.2) is 0 Å². The molecule has 0 fully saturated rings. The first-order valence-electron chi connectivity index (χ1n) is 15.1. The summed E-state index contributed by atoms with van der Waals surface area (Å²) < 4.78 is 0. The first-order chi connectivity index (χ1) is 15.5. The molecule has 4 unspecified atom stereocenters. The fourth-order valence-corrected chi connectivity index (χ4v) is 6.20. The lowest BCUT2D eigenvalue weighted by Gasteiger charge is -2.47. The molecule has 0 aliphatic carbocycles. The highest BCUT2D eigenvalue weighted by Gasteiger charge is 2.45.